The van der Waals surface area contributed by atoms with Gasteiger partial charge in [0.2, 0.25) is 0 Å². The zero-order chi connectivity index (χ0) is 15.3. The van der Waals surface area contributed by atoms with Crippen LogP contribution in [0.4, 0.5) is 0 Å². The maximum atomic E-state index is 5.13. The van der Waals surface area contributed by atoms with E-state index in [1.165, 1.54) is 18.4 Å². The smallest absolute Gasteiger partial charge is 0.0587 e. The van der Waals surface area contributed by atoms with Crippen LogP contribution in [0.15, 0.2) is 28.7 Å². The van der Waals surface area contributed by atoms with Gasteiger partial charge in [-0.15, -0.1) is 0 Å². The van der Waals surface area contributed by atoms with E-state index in [0.717, 1.165) is 43.6 Å². The number of ether oxygens (including phenoxy) is 2. The van der Waals surface area contributed by atoms with Crippen LogP contribution in [0.2, 0.25) is 0 Å². The molecule has 0 aliphatic carbocycles. The molecule has 0 aromatic heterocycles. The number of halogens is 1. The number of hydrogen-bond donors (Lipinski definition) is 1. The van der Waals surface area contributed by atoms with Crippen LogP contribution in [-0.2, 0) is 15.9 Å². The molecular formula is C17H28BrNO2. The molecule has 120 valence electrons. The normalized spacial score (nSPS) is 12.5. The number of nitrogens with one attached hydrogen (secondary N) is 1. The Hall–Kier alpha value is -0.420. The first kappa shape index (κ1) is 18.6. The molecule has 0 aliphatic heterocycles. The molecule has 0 fully saturated rings. The highest BCUT2D eigenvalue weighted by Crippen LogP contribution is 2.18. The van der Waals surface area contributed by atoms with Gasteiger partial charge in [-0.2, -0.15) is 0 Å². The second-order valence-electron chi connectivity index (χ2n) is 5.39. The fraction of sp³-hybridized carbons (Fsp3) is 0.647. The Bertz CT molecular complexity index is 362. The first-order valence-electron chi connectivity index (χ1n) is 7.69. The zero-order valence-electron chi connectivity index (χ0n) is 13.2. The van der Waals surface area contributed by atoms with Crippen molar-refractivity contribution in [2.24, 2.45) is 5.92 Å². The molecule has 1 aromatic rings. The average Bonchev–Trinajstić information content (AvgIpc) is 2.48. The van der Waals surface area contributed by atoms with Crippen LogP contribution in [-0.4, -0.2) is 40.5 Å². The lowest BCUT2D eigenvalue weighted by molar-refractivity contribution is 0.188. The Labute approximate surface area is 137 Å². The standard InChI is InChI=1S/C17H28BrNO2/c1-20-10-4-3-6-16(14-19-9-11-21-2)12-15-7-5-8-17(18)13-15/h5,7-8,13,16,19H,3-4,6,9-12,14H2,1-2H3. The predicted octanol–water partition coefficient (Wildman–Crippen LogP) is 3.66. The third-order valence-corrected chi connectivity index (χ3v) is 4.03. The van der Waals surface area contributed by atoms with E-state index in [-0.39, 0.29) is 0 Å². The minimum Gasteiger partial charge on any atom is -0.385 e. The van der Waals surface area contributed by atoms with Gasteiger partial charge in [0.15, 0.2) is 0 Å². The third kappa shape index (κ3) is 9.25. The summed E-state index contributed by atoms with van der Waals surface area (Å²) in [6.07, 6.45) is 4.71. The highest BCUT2D eigenvalue weighted by molar-refractivity contribution is 9.10. The fourth-order valence-electron chi connectivity index (χ4n) is 2.43. The molecule has 0 heterocycles. The molecular weight excluding hydrogens is 330 g/mol. The Kier molecular flexibility index (Phi) is 10.8. The van der Waals surface area contributed by atoms with E-state index >= 15 is 0 Å². The molecule has 0 spiro atoms. The monoisotopic (exact) mass is 357 g/mol. The topological polar surface area (TPSA) is 30.5 Å². The average molecular weight is 358 g/mol. The zero-order valence-corrected chi connectivity index (χ0v) is 14.8. The number of rotatable bonds is 12. The second-order valence-corrected chi connectivity index (χ2v) is 6.30. The van der Waals surface area contributed by atoms with Gasteiger partial charge in [-0.3, -0.25) is 0 Å². The Morgan fingerprint density at radius 3 is 2.67 bits per heavy atom. The van der Waals surface area contributed by atoms with Crippen molar-refractivity contribution in [2.45, 2.75) is 25.7 Å². The maximum Gasteiger partial charge on any atom is 0.0587 e. The molecule has 21 heavy (non-hydrogen) atoms. The van der Waals surface area contributed by atoms with Gasteiger partial charge < -0.3 is 14.8 Å². The van der Waals surface area contributed by atoms with Crippen LogP contribution >= 0.6 is 15.9 Å². The minimum atomic E-state index is 0.660. The molecule has 0 radical (unpaired) electrons. The number of hydrogen-bond acceptors (Lipinski definition) is 3. The summed E-state index contributed by atoms with van der Waals surface area (Å²) in [5, 5.41) is 3.49. The molecule has 1 N–H and O–H groups in total. The van der Waals surface area contributed by atoms with Crippen LogP contribution in [0.5, 0.6) is 0 Å². The van der Waals surface area contributed by atoms with Crippen molar-refractivity contribution in [1.29, 1.82) is 0 Å². The van der Waals surface area contributed by atoms with Gasteiger partial charge in [0.25, 0.3) is 0 Å². The fourth-order valence-corrected chi connectivity index (χ4v) is 2.88. The largest absolute Gasteiger partial charge is 0.385 e. The molecule has 1 rings (SSSR count). The van der Waals surface area contributed by atoms with Gasteiger partial charge in [0.1, 0.15) is 0 Å². The Balaban J connectivity index is 2.41. The van der Waals surface area contributed by atoms with E-state index in [9.17, 15) is 0 Å². The molecule has 0 saturated heterocycles. The van der Waals surface area contributed by atoms with Gasteiger partial charge in [0.05, 0.1) is 6.61 Å². The lowest BCUT2D eigenvalue weighted by Gasteiger charge is -2.18. The summed E-state index contributed by atoms with van der Waals surface area (Å²) in [5.74, 6) is 0.660. The van der Waals surface area contributed by atoms with Crippen molar-refractivity contribution in [1.82, 2.24) is 5.32 Å². The Morgan fingerprint density at radius 1 is 1.14 bits per heavy atom. The minimum absolute atomic E-state index is 0.660. The first-order valence-corrected chi connectivity index (χ1v) is 8.48. The molecule has 0 aliphatic rings. The second kappa shape index (κ2) is 12.2. The van der Waals surface area contributed by atoms with Crippen molar-refractivity contribution in [2.75, 3.05) is 40.5 Å². The van der Waals surface area contributed by atoms with Crippen LogP contribution < -0.4 is 5.32 Å². The van der Waals surface area contributed by atoms with Gasteiger partial charge in [-0.1, -0.05) is 34.5 Å². The maximum absolute atomic E-state index is 5.13. The van der Waals surface area contributed by atoms with E-state index in [1.807, 2.05) is 0 Å². The summed E-state index contributed by atoms with van der Waals surface area (Å²) in [5.41, 5.74) is 1.40. The molecule has 0 bridgehead atoms. The third-order valence-electron chi connectivity index (χ3n) is 3.54. The summed E-state index contributed by atoms with van der Waals surface area (Å²) in [6.45, 7) is 3.60. The van der Waals surface area contributed by atoms with Gasteiger partial charge in [-0.25, -0.2) is 0 Å². The quantitative estimate of drug-likeness (QED) is 0.579. The lowest BCUT2D eigenvalue weighted by atomic mass is 9.94. The van der Waals surface area contributed by atoms with Crippen molar-refractivity contribution in [3.8, 4) is 0 Å². The highest BCUT2D eigenvalue weighted by atomic mass is 79.9. The highest BCUT2D eigenvalue weighted by Gasteiger charge is 2.10. The SMILES string of the molecule is COCCCCC(CNCCOC)Cc1cccc(Br)c1. The summed E-state index contributed by atoms with van der Waals surface area (Å²) >= 11 is 3.55. The number of benzene rings is 1. The van der Waals surface area contributed by atoms with E-state index in [1.54, 1.807) is 14.2 Å². The molecule has 4 heteroatoms. The van der Waals surface area contributed by atoms with Crippen molar-refractivity contribution in [3.63, 3.8) is 0 Å². The molecule has 1 unspecified atom stereocenters. The van der Waals surface area contributed by atoms with Crippen LogP contribution in [0.25, 0.3) is 0 Å². The summed E-state index contributed by atoms with van der Waals surface area (Å²) in [4.78, 5) is 0. The van der Waals surface area contributed by atoms with E-state index < -0.39 is 0 Å². The number of unbranched alkanes of at least 4 members (excludes halogenated alkanes) is 1. The lowest BCUT2D eigenvalue weighted by Crippen LogP contribution is -2.27. The van der Waals surface area contributed by atoms with Crippen LogP contribution in [0.1, 0.15) is 24.8 Å². The van der Waals surface area contributed by atoms with Crippen LogP contribution in [0.3, 0.4) is 0 Å². The number of methoxy groups -OCH3 is 2. The molecule has 1 aromatic carbocycles. The van der Waals surface area contributed by atoms with Crippen molar-refractivity contribution in [3.05, 3.63) is 34.3 Å². The van der Waals surface area contributed by atoms with Gasteiger partial charge >= 0.3 is 0 Å². The molecule has 3 nitrogen and oxygen atoms in total. The van der Waals surface area contributed by atoms with E-state index in [4.69, 9.17) is 9.47 Å². The summed E-state index contributed by atoms with van der Waals surface area (Å²) < 4.78 is 11.4. The molecule has 0 saturated carbocycles. The van der Waals surface area contributed by atoms with E-state index in [0.29, 0.717) is 5.92 Å². The van der Waals surface area contributed by atoms with Crippen molar-refractivity contribution < 1.29 is 9.47 Å². The predicted molar refractivity (Wildman–Crippen MR) is 91.8 cm³/mol. The Morgan fingerprint density at radius 2 is 1.95 bits per heavy atom. The molecule has 0 amide bonds. The van der Waals surface area contributed by atoms with Gasteiger partial charge in [-0.05, 0) is 49.4 Å². The van der Waals surface area contributed by atoms with Gasteiger partial charge in [0, 0.05) is 31.8 Å². The van der Waals surface area contributed by atoms with Crippen LogP contribution in [0, 0.1) is 5.92 Å². The molecule has 1 atom stereocenters. The van der Waals surface area contributed by atoms with Crippen molar-refractivity contribution >= 4 is 15.9 Å². The summed E-state index contributed by atoms with van der Waals surface area (Å²) in [6, 6.07) is 8.62. The first-order chi connectivity index (χ1) is 10.3. The van der Waals surface area contributed by atoms with E-state index in [2.05, 4.69) is 45.5 Å². The summed E-state index contributed by atoms with van der Waals surface area (Å²) in [7, 11) is 3.51.